The van der Waals surface area contributed by atoms with Gasteiger partial charge in [-0.2, -0.15) is 0 Å². The lowest BCUT2D eigenvalue weighted by Gasteiger charge is -2.31. The van der Waals surface area contributed by atoms with Crippen molar-refractivity contribution in [1.82, 2.24) is 9.47 Å². The smallest absolute Gasteiger partial charge is 0.0486 e. The molecule has 0 radical (unpaired) electrons. The summed E-state index contributed by atoms with van der Waals surface area (Å²) in [4.78, 5) is 2.47. The van der Waals surface area contributed by atoms with Gasteiger partial charge in [0.2, 0.25) is 0 Å². The van der Waals surface area contributed by atoms with E-state index in [4.69, 9.17) is 0 Å². The van der Waals surface area contributed by atoms with Crippen LogP contribution in [0.4, 0.5) is 0 Å². The van der Waals surface area contributed by atoms with E-state index in [0.29, 0.717) is 6.04 Å². The second kappa shape index (κ2) is 5.86. The minimum Gasteiger partial charge on any atom is -0.344 e. The van der Waals surface area contributed by atoms with Crippen molar-refractivity contribution < 1.29 is 0 Å². The summed E-state index contributed by atoms with van der Waals surface area (Å²) in [6, 6.07) is 20.3. The van der Waals surface area contributed by atoms with Gasteiger partial charge < -0.3 is 4.57 Å². The predicted octanol–water partition coefficient (Wildman–Crippen LogP) is 4.26. The van der Waals surface area contributed by atoms with Crippen molar-refractivity contribution in [2.45, 2.75) is 38.9 Å². The second-order valence-corrected chi connectivity index (χ2v) is 6.80. The molecule has 0 bridgehead atoms. The molecule has 2 aromatic carbocycles. The minimum absolute atomic E-state index is 0.613. The first-order valence-electron chi connectivity index (χ1n) is 8.57. The Morgan fingerprint density at radius 1 is 1.00 bits per heavy atom. The fraction of sp³-hybridized carbons (Fsp3) is 0.333. The van der Waals surface area contributed by atoms with Gasteiger partial charge in [0.25, 0.3) is 0 Å². The van der Waals surface area contributed by atoms with Crippen molar-refractivity contribution in [1.29, 1.82) is 0 Å². The summed E-state index contributed by atoms with van der Waals surface area (Å²) < 4.78 is 2.57. The molecule has 0 unspecified atom stereocenters. The largest absolute Gasteiger partial charge is 0.344 e. The van der Waals surface area contributed by atoms with Gasteiger partial charge in [0.05, 0.1) is 0 Å². The van der Waals surface area contributed by atoms with Crippen LogP contribution in [0.5, 0.6) is 0 Å². The molecule has 0 fully saturated rings. The van der Waals surface area contributed by atoms with E-state index >= 15 is 0 Å². The van der Waals surface area contributed by atoms with Crippen LogP contribution in [0.2, 0.25) is 0 Å². The maximum absolute atomic E-state index is 2.57. The van der Waals surface area contributed by atoms with E-state index in [0.717, 1.165) is 25.9 Å². The number of rotatable bonds is 3. The van der Waals surface area contributed by atoms with Crippen LogP contribution in [0.25, 0.3) is 10.9 Å². The first-order valence-corrected chi connectivity index (χ1v) is 8.57. The highest BCUT2D eigenvalue weighted by Crippen LogP contribution is 2.32. The summed E-state index contributed by atoms with van der Waals surface area (Å²) in [6.45, 7) is 4.47. The van der Waals surface area contributed by atoms with Crippen LogP contribution in [0.15, 0.2) is 54.6 Å². The Hall–Kier alpha value is -2.06. The molecule has 0 spiro atoms. The van der Waals surface area contributed by atoms with Crippen LogP contribution >= 0.6 is 0 Å². The van der Waals surface area contributed by atoms with Gasteiger partial charge >= 0.3 is 0 Å². The topological polar surface area (TPSA) is 8.17 Å². The van der Waals surface area contributed by atoms with Crippen molar-refractivity contribution in [2.75, 3.05) is 7.05 Å². The number of fused-ring (bicyclic) bond motifs is 3. The Kier molecular flexibility index (Phi) is 3.70. The number of hydrogen-bond donors (Lipinski definition) is 0. The zero-order chi connectivity index (χ0) is 15.8. The monoisotopic (exact) mass is 304 g/mol. The van der Waals surface area contributed by atoms with Gasteiger partial charge in [0.15, 0.2) is 0 Å². The molecule has 2 heterocycles. The maximum Gasteiger partial charge on any atom is 0.0486 e. The average molecular weight is 304 g/mol. The van der Waals surface area contributed by atoms with E-state index in [2.05, 4.69) is 78.0 Å². The Balaban J connectivity index is 1.75. The zero-order valence-electron chi connectivity index (χ0n) is 14.0. The normalized spacial score (nSPS) is 18.3. The summed E-state index contributed by atoms with van der Waals surface area (Å²) in [7, 11) is 2.24. The number of aromatic nitrogens is 1. The molecule has 2 nitrogen and oxygen atoms in total. The van der Waals surface area contributed by atoms with Crippen LogP contribution in [0, 0.1) is 0 Å². The number of likely N-dealkylation sites (N-methyl/N-ethyl adjacent to an activating group) is 1. The minimum atomic E-state index is 0.613. The molecule has 0 aliphatic carbocycles. The molecule has 1 atom stereocenters. The third-order valence-corrected chi connectivity index (χ3v) is 5.31. The fourth-order valence-corrected chi connectivity index (χ4v) is 3.82. The van der Waals surface area contributed by atoms with Crippen molar-refractivity contribution in [3.8, 4) is 0 Å². The number of hydrogen-bond acceptors (Lipinski definition) is 1. The van der Waals surface area contributed by atoms with Crippen LogP contribution in [0.1, 0.15) is 23.7 Å². The fourth-order valence-electron chi connectivity index (χ4n) is 3.82. The predicted molar refractivity (Wildman–Crippen MR) is 96.7 cm³/mol. The number of para-hydroxylation sites is 1. The first kappa shape index (κ1) is 14.5. The van der Waals surface area contributed by atoms with E-state index in [1.54, 1.807) is 5.69 Å². The molecule has 2 heteroatoms. The van der Waals surface area contributed by atoms with Gasteiger partial charge in [-0.25, -0.2) is 0 Å². The van der Waals surface area contributed by atoms with E-state index in [-0.39, 0.29) is 0 Å². The highest BCUT2D eigenvalue weighted by Gasteiger charge is 2.26. The molecule has 1 aliphatic rings. The zero-order valence-corrected chi connectivity index (χ0v) is 14.0. The first-order chi connectivity index (χ1) is 11.2. The third-order valence-electron chi connectivity index (χ3n) is 5.31. The van der Waals surface area contributed by atoms with Gasteiger partial charge in [-0.05, 0) is 37.6 Å². The molecule has 1 aromatic heterocycles. The van der Waals surface area contributed by atoms with Gasteiger partial charge in [-0.15, -0.1) is 0 Å². The Morgan fingerprint density at radius 3 is 2.57 bits per heavy atom. The molecule has 118 valence electrons. The lowest BCUT2D eigenvalue weighted by Crippen LogP contribution is -2.35. The van der Waals surface area contributed by atoms with Crippen molar-refractivity contribution in [2.24, 2.45) is 0 Å². The van der Waals surface area contributed by atoms with Gasteiger partial charge in [-0.3, -0.25) is 4.90 Å². The van der Waals surface area contributed by atoms with Crippen molar-refractivity contribution in [3.63, 3.8) is 0 Å². The van der Waals surface area contributed by atoms with Gasteiger partial charge in [0.1, 0.15) is 0 Å². The molecule has 0 N–H and O–H groups in total. The van der Waals surface area contributed by atoms with Crippen LogP contribution in [0.3, 0.4) is 0 Å². The van der Waals surface area contributed by atoms with Gasteiger partial charge in [-0.1, -0.05) is 48.5 Å². The number of benzene rings is 2. The lowest BCUT2D eigenvalue weighted by molar-refractivity contribution is 0.228. The molecule has 0 saturated heterocycles. The maximum atomic E-state index is 2.57. The quantitative estimate of drug-likeness (QED) is 0.702. The number of aryl methyl sites for hydroxylation is 2. The molecular formula is C21H24N2. The van der Waals surface area contributed by atoms with Crippen molar-refractivity contribution >= 4 is 10.9 Å². The highest BCUT2D eigenvalue weighted by molar-refractivity contribution is 5.85. The molecule has 23 heavy (non-hydrogen) atoms. The van der Waals surface area contributed by atoms with E-state index in [1.165, 1.54) is 22.0 Å². The molecule has 0 amide bonds. The molecule has 4 rings (SSSR count). The standard InChI is InChI=1S/C21H24N2/c1-16-14-21-19(15-22(16)2)18-10-6-7-11-20(18)23(21)13-12-17-8-4-3-5-9-17/h3-11,16H,12-15H2,1-2H3/t16-/m0/s1. The van der Waals surface area contributed by atoms with Crippen LogP contribution in [-0.2, 0) is 25.9 Å². The van der Waals surface area contributed by atoms with Crippen molar-refractivity contribution in [3.05, 3.63) is 71.4 Å². The molecular weight excluding hydrogens is 280 g/mol. The van der Waals surface area contributed by atoms with Crippen LogP contribution < -0.4 is 0 Å². The van der Waals surface area contributed by atoms with E-state index < -0.39 is 0 Å². The summed E-state index contributed by atoms with van der Waals surface area (Å²) in [6.07, 6.45) is 2.24. The van der Waals surface area contributed by atoms with Crippen LogP contribution in [-0.4, -0.2) is 22.6 Å². The lowest BCUT2D eigenvalue weighted by atomic mass is 10.00. The highest BCUT2D eigenvalue weighted by atomic mass is 15.1. The Morgan fingerprint density at radius 2 is 1.74 bits per heavy atom. The van der Waals surface area contributed by atoms with E-state index in [1.807, 2.05) is 0 Å². The second-order valence-electron chi connectivity index (χ2n) is 6.80. The SMILES string of the molecule is C[C@H]1Cc2c(c3ccccc3n2CCc2ccccc2)CN1C. The number of nitrogens with zero attached hydrogens (tertiary/aromatic N) is 2. The molecule has 3 aromatic rings. The summed E-state index contributed by atoms with van der Waals surface area (Å²) in [5, 5.41) is 1.44. The summed E-state index contributed by atoms with van der Waals surface area (Å²) in [5.41, 5.74) is 5.90. The summed E-state index contributed by atoms with van der Waals surface area (Å²) in [5.74, 6) is 0. The Bertz CT molecular complexity index is 816. The third kappa shape index (κ3) is 2.57. The summed E-state index contributed by atoms with van der Waals surface area (Å²) >= 11 is 0. The Labute approximate surface area is 138 Å². The van der Waals surface area contributed by atoms with Gasteiger partial charge in [0, 0.05) is 42.1 Å². The average Bonchev–Trinajstić information content (AvgIpc) is 2.88. The molecule has 0 saturated carbocycles. The van der Waals surface area contributed by atoms with E-state index in [9.17, 15) is 0 Å². The molecule has 1 aliphatic heterocycles.